The fourth-order valence-corrected chi connectivity index (χ4v) is 1.19. The van der Waals surface area contributed by atoms with Crippen molar-refractivity contribution < 1.29 is 0 Å². The molecule has 0 bridgehead atoms. The van der Waals surface area contributed by atoms with Gasteiger partial charge in [-0.2, -0.15) is 0 Å². The van der Waals surface area contributed by atoms with E-state index in [0.717, 1.165) is 11.1 Å². The normalized spacial score (nSPS) is 10.2. The van der Waals surface area contributed by atoms with Gasteiger partial charge in [-0.3, -0.25) is 0 Å². The first-order valence-electron chi connectivity index (χ1n) is 3.88. The van der Waals surface area contributed by atoms with E-state index in [1.54, 1.807) is 0 Å². The van der Waals surface area contributed by atoms with Crippen LogP contribution in [0.3, 0.4) is 0 Å². The van der Waals surface area contributed by atoms with Gasteiger partial charge in [0.25, 0.3) is 0 Å². The van der Waals surface area contributed by atoms with Gasteiger partial charge in [0.05, 0.1) is 0 Å². The summed E-state index contributed by atoms with van der Waals surface area (Å²) in [7, 11) is 0. The van der Waals surface area contributed by atoms with E-state index >= 15 is 0 Å². The number of nitrogens with zero attached hydrogens (tertiary/aromatic N) is 4. The van der Waals surface area contributed by atoms with Crippen molar-refractivity contribution in [2.24, 2.45) is 0 Å². The highest BCUT2D eigenvalue weighted by Gasteiger charge is 2.07. The molecule has 0 fully saturated rings. The van der Waals surface area contributed by atoms with Crippen molar-refractivity contribution >= 4 is 0 Å². The highest BCUT2D eigenvalue weighted by Crippen LogP contribution is 2.17. The molecule has 2 rings (SSSR count). The van der Waals surface area contributed by atoms with Crippen LogP contribution in [-0.2, 0) is 0 Å². The molecule has 0 saturated heterocycles. The van der Waals surface area contributed by atoms with Crippen LogP contribution in [0.4, 0.5) is 0 Å². The molecule has 0 aliphatic carbocycles. The summed E-state index contributed by atoms with van der Waals surface area (Å²) in [5.41, 5.74) is 2.05. The molecule has 0 saturated carbocycles. The zero-order valence-electron chi connectivity index (χ0n) is 7.18. The lowest BCUT2D eigenvalue weighted by molar-refractivity contribution is 0.759. The minimum atomic E-state index is 0.582. The molecular weight excluding hydrogens is 166 g/mol. The van der Waals surface area contributed by atoms with Crippen LogP contribution in [0, 0.1) is 6.92 Å². The lowest BCUT2D eigenvalue weighted by atomic mass is 10.1. The Labute approximate surface area is 75.1 Å². The number of nitrogens with two attached hydrogens (primary N) is 1. The van der Waals surface area contributed by atoms with E-state index in [1.165, 1.54) is 4.79 Å². The van der Waals surface area contributed by atoms with Gasteiger partial charge in [0.15, 0.2) is 0 Å². The Morgan fingerprint density at radius 3 is 2.69 bits per heavy atom. The summed E-state index contributed by atoms with van der Waals surface area (Å²) in [6, 6.07) is 7.81. The summed E-state index contributed by atoms with van der Waals surface area (Å²) >= 11 is 0. The maximum atomic E-state index is 5.52. The van der Waals surface area contributed by atoms with Gasteiger partial charge < -0.3 is 5.84 Å². The number of tetrazole rings is 1. The van der Waals surface area contributed by atoms with Crippen LogP contribution in [0.5, 0.6) is 0 Å². The molecule has 1 aromatic carbocycles. The second kappa shape index (κ2) is 2.85. The van der Waals surface area contributed by atoms with Gasteiger partial charge >= 0.3 is 0 Å². The summed E-state index contributed by atoms with van der Waals surface area (Å²) in [6.45, 7) is 1.99. The predicted molar refractivity (Wildman–Crippen MR) is 48.1 cm³/mol. The number of hydrogen-bond acceptors (Lipinski definition) is 4. The van der Waals surface area contributed by atoms with E-state index < -0.39 is 0 Å². The van der Waals surface area contributed by atoms with E-state index in [4.69, 9.17) is 5.84 Å². The molecule has 0 atom stereocenters. The molecule has 13 heavy (non-hydrogen) atoms. The minimum Gasteiger partial charge on any atom is -0.320 e. The second-order valence-electron chi connectivity index (χ2n) is 2.76. The van der Waals surface area contributed by atoms with Crippen LogP contribution >= 0.6 is 0 Å². The van der Waals surface area contributed by atoms with E-state index in [1.807, 2.05) is 31.2 Å². The van der Waals surface area contributed by atoms with E-state index in [0.29, 0.717) is 5.82 Å². The Kier molecular flexibility index (Phi) is 1.70. The molecule has 0 spiro atoms. The molecule has 1 aromatic heterocycles. The highest BCUT2D eigenvalue weighted by atomic mass is 15.6. The lowest BCUT2D eigenvalue weighted by Gasteiger charge is -2.01. The molecule has 0 aliphatic rings. The number of aryl methyl sites for hydroxylation is 1. The van der Waals surface area contributed by atoms with Crippen molar-refractivity contribution in [3.8, 4) is 11.4 Å². The molecule has 66 valence electrons. The van der Waals surface area contributed by atoms with E-state index in [-0.39, 0.29) is 0 Å². The van der Waals surface area contributed by atoms with Crippen LogP contribution in [0.1, 0.15) is 5.56 Å². The number of nitrogen functional groups attached to an aromatic ring is 1. The monoisotopic (exact) mass is 175 g/mol. The van der Waals surface area contributed by atoms with Crippen molar-refractivity contribution in [2.75, 3.05) is 5.84 Å². The molecule has 2 N–H and O–H groups in total. The summed E-state index contributed by atoms with van der Waals surface area (Å²) < 4.78 is 0. The average molecular weight is 175 g/mol. The summed E-state index contributed by atoms with van der Waals surface area (Å²) in [5.74, 6) is 6.10. The quantitative estimate of drug-likeness (QED) is 0.635. The molecule has 5 nitrogen and oxygen atoms in total. The minimum absolute atomic E-state index is 0.582. The van der Waals surface area contributed by atoms with Gasteiger partial charge in [0.2, 0.25) is 5.82 Å². The zero-order chi connectivity index (χ0) is 9.26. The van der Waals surface area contributed by atoms with Gasteiger partial charge in [-0.1, -0.05) is 24.3 Å². The molecule has 1 heterocycles. The first-order valence-corrected chi connectivity index (χ1v) is 3.88. The van der Waals surface area contributed by atoms with Gasteiger partial charge in [-0.25, -0.2) is 0 Å². The van der Waals surface area contributed by atoms with Crippen LogP contribution in [0.15, 0.2) is 24.3 Å². The van der Waals surface area contributed by atoms with Crippen LogP contribution in [0.2, 0.25) is 0 Å². The Balaban J connectivity index is 2.59. The average Bonchev–Trinajstić information content (AvgIpc) is 2.52. The van der Waals surface area contributed by atoms with Crippen LogP contribution in [0.25, 0.3) is 11.4 Å². The maximum absolute atomic E-state index is 5.52. The number of benzene rings is 1. The largest absolute Gasteiger partial charge is 0.320 e. The van der Waals surface area contributed by atoms with Crippen molar-refractivity contribution in [3.05, 3.63) is 29.8 Å². The lowest BCUT2D eigenvalue weighted by Crippen LogP contribution is -2.12. The summed E-state index contributed by atoms with van der Waals surface area (Å²) in [5, 5.41) is 10.9. The van der Waals surface area contributed by atoms with Crippen molar-refractivity contribution in [2.45, 2.75) is 6.92 Å². The predicted octanol–water partition coefficient (Wildman–Crippen LogP) is 0.362. The molecule has 0 aliphatic heterocycles. The standard InChI is InChI=1S/C8H9N5/c1-6-4-2-3-5-7(6)8-10-11-12-13(8)9/h2-5H,9H2,1H3. The van der Waals surface area contributed by atoms with Crippen molar-refractivity contribution in [1.29, 1.82) is 0 Å². The first kappa shape index (κ1) is 7.72. The summed E-state index contributed by atoms with van der Waals surface area (Å²) in [4.78, 5) is 1.17. The molecule has 0 unspecified atom stereocenters. The van der Waals surface area contributed by atoms with E-state index in [2.05, 4.69) is 15.5 Å². The SMILES string of the molecule is Cc1ccccc1-c1nnnn1N. The highest BCUT2D eigenvalue weighted by molar-refractivity contribution is 5.59. The van der Waals surface area contributed by atoms with Crippen molar-refractivity contribution in [1.82, 2.24) is 20.3 Å². The maximum Gasteiger partial charge on any atom is 0.204 e. The topological polar surface area (TPSA) is 69.6 Å². The van der Waals surface area contributed by atoms with Crippen LogP contribution in [-0.4, -0.2) is 20.3 Å². The number of rotatable bonds is 1. The third-order valence-electron chi connectivity index (χ3n) is 1.88. The molecular formula is C8H9N5. The van der Waals surface area contributed by atoms with Gasteiger partial charge in [-0.15, -0.1) is 9.89 Å². The fourth-order valence-electron chi connectivity index (χ4n) is 1.19. The summed E-state index contributed by atoms with van der Waals surface area (Å²) in [6.07, 6.45) is 0. The van der Waals surface area contributed by atoms with Crippen LogP contribution < -0.4 is 5.84 Å². The molecule has 5 heteroatoms. The number of aromatic nitrogens is 4. The number of hydrogen-bond donors (Lipinski definition) is 1. The molecule has 0 amide bonds. The third kappa shape index (κ3) is 1.24. The Morgan fingerprint density at radius 1 is 1.31 bits per heavy atom. The third-order valence-corrected chi connectivity index (χ3v) is 1.88. The Hall–Kier alpha value is -1.91. The smallest absolute Gasteiger partial charge is 0.204 e. The second-order valence-corrected chi connectivity index (χ2v) is 2.76. The zero-order valence-corrected chi connectivity index (χ0v) is 7.18. The Morgan fingerprint density at radius 2 is 2.08 bits per heavy atom. The van der Waals surface area contributed by atoms with Crippen molar-refractivity contribution in [3.63, 3.8) is 0 Å². The molecule has 0 radical (unpaired) electrons. The van der Waals surface area contributed by atoms with Gasteiger partial charge in [0.1, 0.15) is 0 Å². The molecule has 2 aromatic rings. The van der Waals surface area contributed by atoms with E-state index in [9.17, 15) is 0 Å². The van der Waals surface area contributed by atoms with Gasteiger partial charge in [0, 0.05) is 5.56 Å². The fraction of sp³-hybridized carbons (Fsp3) is 0.125. The first-order chi connectivity index (χ1) is 6.29. The van der Waals surface area contributed by atoms with Gasteiger partial charge in [-0.05, 0) is 22.9 Å². The Bertz CT molecular complexity index is 420.